The molecule has 0 bridgehead atoms. The first-order valence-electron chi connectivity index (χ1n) is 12.6. The van der Waals surface area contributed by atoms with Crippen molar-refractivity contribution < 1.29 is 19.1 Å². The Kier molecular flexibility index (Phi) is 7.55. The topological polar surface area (TPSA) is 123 Å². The second-order valence-electron chi connectivity index (χ2n) is 10.3. The van der Waals surface area contributed by atoms with Crippen LogP contribution < -0.4 is 26.4 Å². The molecule has 2 atom stereocenters. The van der Waals surface area contributed by atoms with Crippen molar-refractivity contribution >= 4 is 29.3 Å². The van der Waals surface area contributed by atoms with Gasteiger partial charge in [-0.05, 0) is 69.0 Å². The third-order valence-electron chi connectivity index (χ3n) is 7.55. The number of nitrogens with one attached hydrogen (secondary N) is 3. The summed E-state index contributed by atoms with van der Waals surface area (Å²) in [6, 6.07) is 22.1. The normalized spacial score (nSPS) is 16.8. The van der Waals surface area contributed by atoms with Crippen LogP contribution in [0.3, 0.4) is 0 Å². The summed E-state index contributed by atoms with van der Waals surface area (Å²) in [6.07, 6.45) is 0.592. The third kappa shape index (κ3) is 5.26. The van der Waals surface area contributed by atoms with E-state index >= 15 is 0 Å². The average Bonchev–Trinajstić information content (AvgIpc) is 3.06. The van der Waals surface area contributed by atoms with Crippen LogP contribution in [0.4, 0.5) is 16.2 Å². The lowest BCUT2D eigenvalue weighted by atomic mass is 9.62. The second-order valence-corrected chi connectivity index (χ2v) is 10.3. The van der Waals surface area contributed by atoms with Crippen LogP contribution in [0.5, 0.6) is 5.75 Å². The minimum Gasteiger partial charge on any atom is -0.410 e. The van der Waals surface area contributed by atoms with Crippen molar-refractivity contribution in [3.8, 4) is 16.9 Å². The molecule has 3 aromatic rings. The third-order valence-corrected chi connectivity index (χ3v) is 7.55. The summed E-state index contributed by atoms with van der Waals surface area (Å²) in [4.78, 5) is 38.9. The van der Waals surface area contributed by atoms with E-state index in [1.54, 1.807) is 45.0 Å². The molecule has 1 aliphatic rings. The van der Waals surface area contributed by atoms with Crippen molar-refractivity contribution in [3.05, 3.63) is 78.4 Å². The maximum absolute atomic E-state index is 13.8. The molecule has 1 unspecified atom stereocenters. The van der Waals surface area contributed by atoms with Crippen LogP contribution in [-0.2, 0) is 16.0 Å². The van der Waals surface area contributed by atoms with Gasteiger partial charge in [0.2, 0.25) is 11.8 Å². The fourth-order valence-corrected chi connectivity index (χ4v) is 4.90. The largest absolute Gasteiger partial charge is 0.412 e. The molecule has 1 aliphatic heterocycles. The van der Waals surface area contributed by atoms with Gasteiger partial charge < -0.3 is 26.4 Å². The minimum absolute atomic E-state index is 0.214. The van der Waals surface area contributed by atoms with Gasteiger partial charge in [-0.3, -0.25) is 9.59 Å². The fourth-order valence-electron chi connectivity index (χ4n) is 4.90. The van der Waals surface area contributed by atoms with E-state index in [1.807, 2.05) is 48.5 Å². The Morgan fingerprint density at radius 1 is 0.974 bits per heavy atom. The molecule has 8 nitrogen and oxygen atoms in total. The first-order chi connectivity index (χ1) is 18.0. The molecule has 198 valence electrons. The van der Waals surface area contributed by atoms with E-state index in [4.69, 9.17) is 10.5 Å². The number of aryl methyl sites for hydroxylation is 1. The van der Waals surface area contributed by atoms with E-state index in [1.165, 1.54) is 7.05 Å². The zero-order valence-electron chi connectivity index (χ0n) is 22.1. The number of hydrogen-bond donors (Lipinski definition) is 4. The second kappa shape index (κ2) is 10.7. The lowest BCUT2D eigenvalue weighted by Crippen LogP contribution is -2.61. The smallest absolute Gasteiger partial charge is 0.410 e. The van der Waals surface area contributed by atoms with Gasteiger partial charge in [-0.1, -0.05) is 48.5 Å². The highest BCUT2D eigenvalue weighted by Crippen LogP contribution is 2.43. The molecule has 38 heavy (non-hydrogen) atoms. The number of para-hydroxylation sites is 2. The molecule has 5 N–H and O–H groups in total. The predicted molar refractivity (Wildman–Crippen MR) is 149 cm³/mol. The molecule has 3 aromatic carbocycles. The Morgan fingerprint density at radius 2 is 1.63 bits per heavy atom. The van der Waals surface area contributed by atoms with Crippen LogP contribution in [-0.4, -0.2) is 30.5 Å². The maximum atomic E-state index is 13.8. The highest BCUT2D eigenvalue weighted by molar-refractivity contribution is 6.03. The van der Waals surface area contributed by atoms with Crippen molar-refractivity contribution in [1.29, 1.82) is 0 Å². The summed E-state index contributed by atoms with van der Waals surface area (Å²) in [6.45, 7) is 5.33. The first-order valence-corrected chi connectivity index (χ1v) is 12.6. The van der Waals surface area contributed by atoms with Crippen LogP contribution in [0.25, 0.3) is 11.1 Å². The maximum Gasteiger partial charge on any atom is 0.412 e. The lowest BCUT2D eigenvalue weighted by Gasteiger charge is -2.44. The SMILES string of the molecule is CNC(=O)Oc1ccccc1-c1ccc(NC(=O)C(C)([C@H]2CCc3ccccc3NC2=O)C(C)(C)N)cc1. The first kappa shape index (κ1) is 26.9. The zero-order chi connectivity index (χ0) is 27.5. The van der Waals surface area contributed by atoms with E-state index in [2.05, 4.69) is 16.0 Å². The molecule has 0 saturated carbocycles. The number of ether oxygens (including phenoxy) is 1. The molecule has 0 fully saturated rings. The molecule has 8 heteroatoms. The minimum atomic E-state index is -1.20. The summed E-state index contributed by atoms with van der Waals surface area (Å²) < 4.78 is 5.37. The van der Waals surface area contributed by atoms with E-state index in [0.29, 0.717) is 24.3 Å². The number of nitrogens with two attached hydrogens (primary N) is 1. The Hall–Kier alpha value is -4.17. The Morgan fingerprint density at radius 3 is 2.32 bits per heavy atom. The van der Waals surface area contributed by atoms with Gasteiger partial charge >= 0.3 is 6.09 Å². The van der Waals surface area contributed by atoms with Crippen molar-refractivity contribution in [2.75, 3.05) is 17.7 Å². The van der Waals surface area contributed by atoms with Crippen LogP contribution in [0, 0.1) is 11.3 Å². The van der Waals surface area contributed by atoms with E-state index < -0.39 is 23.0 Å². The van der Waals surface area contributed by atoms with Crippen molar-refractivity contribution in [2.45, 2.75) is 39.2 Å². The Bertz CT molecular complexity index is 1350. The zero-order valence-corrected chi connectivity index (χ0v) is 22.1. The molecule has 0 aliphatic carbocycles. The molecule has 3 amide bonds. The lowest BCUT2D eigenvalue weighted by molar-refractivity contribution is -0.139. The van der Waals surface area contributed by atoms with Gasteiger partial charge in [-0.15, -0.1) is 0 Å². The highest BCUT2D eigenvalue weighted by Gasteiger charge is 2.53. The van der Waals surface area contributed by atoms with E-state index in [-0.39, 0.29) is 11.8 Å². The number of fused-ring (bicyclic) bond motifs is 1. The quantitative estimate of drug-likeness (QED) is 0.371. The van der Waals surface area contributed by atoms with E-state index in [9.17, 15) is 14.4 Å². The van der Waals surface area contributed by atoms with Gasteiger partial charge in [0.15, 0.2) is 0 Å². The standard InChI is InChI=1S/C30H34N4O4/c1-29(2,31)30(3,23-18-15-20-9-5-7-11-24(20)34-26(23)35)27(36)33-21-16-13-19(14-17-21)22-10-6-8-12-25(22)38-28(37)32-4/h5-14,16-17,23H,15,18,31H2,1-4H3,(H,32,37)(H,33,36)(H,34,35)/t23-,30?/m0/s1. The number of rotatable bonds is 6. The van der Waals surface area contributed by atoms with Gasteiger partial charge in [0, 0.05) is 29.5 Å². The fraction of sp³-hybridized carbons (Fsp3) is 0.300. The number of carbonyl (C=O) groups is 3. The highest BCUT2D eigenvalue weighted by atomic mass is 16.6. The Labute approximate surface area is 223 Å². The van der Waals surface area contributed by atoms with E-state index in [0.717, 1.165) is 22.4 Å². The van der Waals surface area contributed by atoms with Gasteiger partial charge in [-0.2, -0.15) is 0 Å². The molecular formula is C30H34N4O4. The summed E-state index contributed by atoms with van der Waals surface area (Å²) in [5.74, 6) is -0.759. The van der Waals surface area contributed by atoms with Gasteiger partial charge in [-0.25, -0.2) is 4.79 Å². The van der Waals surface area contributed by atoms with Crippen LogP contribution >= 0.6 is 0 Å². The number of carbonyl (C=O) groups excluding carboxylic acids is 3. The van der Waals surface area contributed by atoms with Crippen LogP contribution in [0.1, 0.15) is 32.8 Å². The summed E-state index contributed by atoms with van der Waals surface area (Å²) in [5.41, 5.74) is 8.32. The summed E-state index contributed by atoms with van der Waals surface area (Å²) >= 11 is 0. The predicted octanol–water partition coefficient (Wildman–Crippen LogP) is 4.96. The van der Waals surface area contributed by atoms with Crippen LogP contribution in [0.15, 0.2) is 72.8 Å². The molecule has 4 rings (SSSR count). The molecule has 1 heterocycles. The number of benzene rings is 3. The Balaban J connectivity index is 1.58. The molecule has 0 spiro atoms. The average molecular weight is 515 g/mol. The number of amides is 3. The molecule has 0 saturated heterocycles. The molecule has 0 radical (unpaired) electrons. The van der Waals surface area contributed by atoms with Gasteiger partial charge in [0.25, 0.3) is 0 Å². The van der Waals surface area contributed by atoms with Crippen molar-refractivity contribution in [1.82, 2.24) is 5.32 Å². The molecular weight excluding hydrogens is 480 g/mol. The number of hydrogen-bond acceptors (Lipinski definition) is 5. The van der Waals surface area contributed by atoms with Crippen LogP contribution in [0.2, 0.25) is 0 Å². The molecule has 0 aromatic heterocycles. The van der Waals surface area contributed by atoms with Crippen molar-refractivity contribution in [3.63, 3.8) is 0 Å². The van der Waals surface area contributed by atoms with Crippen molar-refractivity contribution in [2.24, 2.45) is 17.1 Å². The number of anilines is 2. The van der Waals surface area contributed by atoms with Gasteiger partial charge in [0.05, 0.1) is 11.3 Å². The monoisotopic (exact) mass is 514 g/mol. The van der Waals surface area contributed by atoms with Gasteiger partial charge in [0.1, 0.15) is 5.75 Å². The summed E-state index contributed by atoms with van der Waals surface area (Å²) in [5, 5.41) is 8.43. The summed E-state index contributed by atoms with van der Waals surface area (Å²) in [7, 11) is 1.50.